The number of aromatic nitrogens is 7. The molecule has 0 bridgehead atoms. The van der Waals surface area contributed by atoms with Gasteiger partial charge in [-0.1, -0.05) is 64.7 Å². The third-order valence-corrected chi connectivity index (χ3v) is 8.21. The third kappa shape index (κ3) is 5.49. The summed E-state index contributed by atoms with van der Waals surface area (Å²) in [7, 11) is 0. The van der Waals surface area contributed by atoms with Crippen LogP contribution in [0.15, 0.2) is 53.6 Å². The monoisotopic (exact) mass is 513 g/mol. The Labute approximate surface area is 224 Å². The van der Waals surface area contributed by atoms with E-state index in [0.717, 1.165) is 53.8 Å². The second kappa shape index (κ2) is 11.9. The largest absolute Gasteiger partial charge is 0.328 e. The van der Waals surface area contributed by atoms with Gasteiger partial charge in [-0.05, 0) is 72.1 Å². The Balaban J connectivity index is 1.48. The Morgan fingerprint density at radius 3 is 2.66 bits per heavy atom. The molecular weight excluding hydrogens is 474 g/mol. The van der Waals surface area contributed by atoms with Crippen molar-refractivity contribution < 1.29 is 0 Å². The molecule has 0 saturated heterocycles. The fourth-order valence-corrected chi connectivity index (χ4v) is 6.14. The minimum atomic E-state index is 0.111. The number of unbranched alkanes of at least 4 members (excludes halogenated alkanes) is 1. The summed E-state index contributed by atoms with van der Waals surface area (Å²) in [6.45, 7) is 7.29. The first kappa shape index (κ1) is 26.1. The van der Waals surface area contributed by atoms with Crippen molar-refractivity contribution in [3.05, 3.63) is 70.7 Å². The zero-order valence-electron chi connectivity index (χ0n) is 22.8. The number of rotatable bonds is 9. The maximum Gasteiger partial charge on any atom is 0.328 e. The molecule has 8 heteroatoms. The highest BCUT2D eigenvalue weighted by molar-refractivity contribution is 5.70. The molecule has 1 saturated carbocycles. The number of pyridine rings is 1. The van der Waals surface area contributed by atoms with Gasteiger partial charge < -0.3 is 0 Å². The maximum absolute atomic E-state index is 14.0. The number of benzene rings is 1. The Morgan fingerprint density at radius 2 is 1.87 bits per heavy atom. The van der Waals surface area contributed by atoms with E-state index in [0.29, 0.717) is 24.2 Å². The topological polar surface area (TPSA) is 94.3 Å². The molecule has 8 nitrogen and oxygen atoms in total. The van der Waals surface area contributed by atoms with E-state index < -0.39 is 0 Å². The summed E-state index contributed by atoms with van der Waals surface area (Å²) >= 11 is 0. The van der Waals surface area contributed by atoms with Crippen LogP contribution in [0.1, 0.15) is 83.1 Å². The van der Waals surface area contributed by atoms with Crippen molar-refractivity contribution in [1.29, 1.82) is 0 Å². The van der Waals surface area contributed by atoms with Crippen LogP contribution >= 0.6 is 0 Å². The molecule has 3 atom stereocenters. The average molecular weight is 514 g/mol. The molecule has 1 aromatic carbocycles. The molecule has 200 valence electrons. The van der Waals surface area contributed by atoms with E-state index in [2.05, 4.69) is 75.3 Å². The van der Waals surface area contributed by atoms with Crippen molar-refractivity contribution in [2.75, 3.05) is 0 Å². The predicted molar refractivity (Wildman–Crippen MR) is 150 cm³/mol. The highest BCUT2D eigenvalue weighted by atomic mass is 16.1. The number of imidazole rings is 1. The van der Waals surface area contributed by atoms with Gasteiger partial charge in [-0.2, -0.15) is 5.21 Å². The molecule has 1 fully saturated rings. The van der Waals surface area contributed by atoms with Gasteiger partial charge >= 0.3 is 5.69 Å². The summed E-state index contributed by atoms with van der Waals surface area (Å²) in [5.41, 5.74) is 5.10. The van der Waals surface area contributed by atoms with Crippen LogP contribution in [0.5, 0.6) is 0 Å². The van der Waals surface area contributed by atoms with Crippen molar-refractivity contribution >= 4 is 0 Å². The summed E-state index contributed by atoms with van der Waals surface area (Å²) in [6.07, 6.45) is 13.1. The van der Waals surface area contributed by atoms with Crippen LogP contribution in [0.25, 0.3) is 22.5 Å². The predicted octanol–water partition coefficient (Wildman–Crippen LogP) is 6.06. The van der Waals surface area contributed by atoms with Gasteiger partial charge in [0.15, 0.2) is 0 Å². The number of hydrogen-bond donors (Lipinski definition) is 1. The highest BCUT2D eigenvalue weighted by Gasteiger charge is 2.31. The first-order chi connectivity index (χ1) is 18.6. The van der Waals surface area contributed by atoms with Gasteiger partial charge in [0.2, 0.25) is 5.82 Å². The maximum atomic E-state index is 14.0. The van der Waals surface area contributed by atoms with Crippen LogP contribution in [-0.2, 0) is 13.0 Å². The van der Waals surface area contributed by atoms with Crippen LogP contribution in [0.2, 0.25) is 0 Å². The normalized spacial score (nSPS) is 19.9. The molecule has 1 aliphatic carbocycles. The molecule has 4 aromatic rings. The van der Waals surface area contributed by atoms with Crippen LogP contribution in [0.3, 0.4) is 0 Å². The number of tetrazole rings is 1. The number of nitrogens with one attached hydrogen (secondary N) is 1. The molecule has 1 aliphatic rings. The van der Waals surface area contributed by atoms with Crippen LogP contribution in [0.4, 0.5) is 0 Å². The van der Waals surface area contributed by atoms with E-state index in [4.69, 9.17) is 0 Å². The van der Waals surface area contributed by atoms with Crippen molar-refractivity contribution in [3.8, 4) is 22.5 Å². The van der Waals surface area contributed by atoms with Gasteiger partial charge in [0.05, 0.1) is 12.2 Å². The molecule has 0 amide bonds. The number of H-pyrrole nitrogens is 1. The number of nitrogens with zero attached hydrogens (tertiary/aromatic N) is 6. The summed E-state index contributed by atoms with van der Waals surface area (Å²) in [6, 6.07) is 12.4. The Bertz CT molecular complexity index is 1390. The second-order valence-electron chi connectivity index (χ2n) is 10.8. The van der Waals surface area contributed by atoms with Gasteiger partial charge in [-0.3, -0.25) is 14.1 Å². The molecule has 3 aromatic heterocycles. The lowest BCUT2D eigenvalue weighted by atomic mass is 9.86. The molecule has 3 unspecified atom stereocenters. The van der Waals surface area contributed by atoms with Gasteiger partial charge in [0, 0.05) is 29.7 Å². The molecule has 0 radical (unpaired) electrons. The third-order valence-electron chi connectivity index (χ3n) is 8.21. The van der Waals surface area contributed by atoms with Crippen molar-refractivity contribution in [3.63, 3.8) is 0 Å². The highest BCUT2D eigenvalue weighted by Crippen LogP contribution is 2.38. The molecular formula is C30H39N7O. The Hall–Kier alpha value is -3.55. The molecule has 0 spiro atoms. The summed E-state index contributed by atoms with van der Waals surface area (Å²) in [5.74, 6) is 1.61. The molecule has 5 rings (SSSR count). The second-order valence-corrected chi connectivity index (χ2v) is 10.8. The lowest BCUT2D eigenvalue weighted by Crippen LogP contribution is -2.34. The first-order valence-electron chi connectivity index (χ1n) is 14.2. The smallest absolute Gasteiger partial charge is 0.295 e. The van der Waals surface area contributed by atoms with Crippen molar-refractivity contribution in [1.82, 2.24) is 34.7 Å². The summed E-state index contributed by atoms with van der Waals surface area (Å²) in [5, 5.41) is 14.4. The van der Waals surface area contributed by atoms with Crippen LogP contribution in [-0.4, -0.2) is 34.7 Å². The quantitative estimate of drug-likeness (QED) is 0.275. The fourth-order valence-electron chi connectivity index (χ4n) is 6.14. The molecule has 3 heterocycles. The van der Waals surface area contributed by atoms with E-state index in [9.17, 15) is 4.79 Å². The van der Waals surface area contributed by atoms with Crippen LogP contribution < -0.4 is 5.69 Å². The first-order valence-corrected chi connectivity index (χ1v) is 14.2. The van der Waals surface area contributed by atoms with Gasteiger partial charge in [-0.25, -0.2) is 4.79 Å². The van der Waals surface area contributed by atoms with E-state index in [-0.39, 0.29) is 11.7 Å². The van der Waals surface area contributed by atoms with Crippen molar-refractivity contribution in [2.24, 2.45) is 11.8 Å². The van der Waals surface area contributed by atoms with Gasteiger partial charge in [0.1, 0.15) is 0 Å². The standard InChI is InChI=1S/C30H39N7O/c1-4-6-14-27-20-37(28-21(3)10-7-8-11-22(28)5-2)30(38)36(27)19-26-18-24(15-16-31-26)23-12-9-13-25(17-23)29-32-34-35-33-29/h9,12-13,15-18,20-22,28H,4-8,10-11,14,19H2,1-3H3,(H,32,33,34,35). The Kier molecular flexibility index (Phi) is 8.15. The Morgan fingerprint density at radius 1 is 1.05 bits per heavy atom. The number of aromatic amines is 1. The minimum absolute atomic E-state index is 0.111. The lowest BCUT2D eigenvalue weighted by Gasteiger charge is -2.29. The average Bonchev–Trinajstić information content (AvgIpc) is 3.54. The van der Waals surface area contributed by atoms with Crippen molar-refractivity contribution in [2.45, 2.75) is 84.7 Å². The molecule has 0 aliphatic heterocycles. The van der Waals surface area contributed by atoms with E-state index in [1.807, 2.05) is 29.0 Å². The van der Waals surface area contributed by atoms with Gasteiger partial charge in [0.25, 0.3) is 0 Å². The summed E-state index contributed by atoms with van der Waals surface area (Å²) < 4.78 is 4.06. The van der Waals surface area contributed by atoms with E-state index in [1.54, 1.807) is 0 Å². The zero-order valence-corrected chi connectivity index (χ0v) is 22.8. The number of hydrogen-bond acceptors (Lipinski definition) is 5. The lowest BCUT2D eigenvalue weighted by molar-refractivity contribution is 0.232. The molecule has 38 heavy (non-hydrogen) atoms. The molecule has 1 N–H and O–H groups in total. The van der Waals surface area contributed by atoms with Gasteiger partial charge in [-0.15, -0.1) is 10.2 Å². The van der Waals surface area contributed by atoms with E-state index >= 15 is 0 Å². The number of aryl methyl sites for hydroxylation is 1. The minimum Gasteiger partial charge on any atom is -0.295 e. The van der Waals surface area contributed by atoms with Crippen LogP contribution in [0, 0.1) is 11.8 Å². The van der Waals surface area contributed by atoms with E-state index in [1.165, 1.54) is 25.7 Å². The zero-order chi connectivity index (χ0) is 26.5. The summed E-state index contributed by atoms with van der Waals surface area (Å²) in [4.78, 5) is 18.7. The SMILES string of the molecule is CCCCc1cn(C2C(C)CCCCC2CC)c(=O)n1Cc1cc(-c2cccc(-c3nn[nH]n3)c2)ccn1. The fraction of sp³-hybridized carbons (Fsp3) is 0.500.